The van der Waals surface area contributed by atoms with Crippen molar-refractivity contribution in [2.24, 2.45) is 11.5 Å². The van der Waals surface area contributed by atoms with Crippen molar-refractivity contribution in [2.45, 2.75) is 72.9 Å². The summed E-state index contributed by atoms with van der Waals surface area (Å²) in [7, 11) is 0. The molecule has 0 amide bonds. The van der Waals surface area contributed by atoms with Crippen molar-refractivity contribution in [1.29, 1.82) is 0 Å². The van der Waals surface area contributed by atoms with E-state index in [1.807, 2.05) is 27.7 Å². The Bertz CT molecular complexity index is 52.8. The minimum absolute atomic E-state index is 0. The van der Waals surface area contributed by atoms with E-state index < -0.39 is 0 Å². The molecule has 0 saturated carbocycles. The Morgan fingerprint density at radius 1 is 0.786 bits per heavy atom. The van der Waals surface area contributed by atoms with E-state index in [0.717, 1.165) is 0 Å². The predicted octanol–water partition coefficient (Wildman–Crippen LogP) is 2.08. The quantitative estimate of drug-likeness (QED) is 0.728. The lowest BCUT2D eigenvalue weighted by molar-refractivity contribution is 0.772. The van der Waals surface area contributed by atoms with Crippen LogP contribution in [-0.4, -0.2) is 17.6 Å². The predicted molar refractivity (Wildman–Crippen MR) is 67.5 cm³/mol. The molecule has 0 aromatic carbocycles. The third-order valence-corrected chi connectivity index (χ3v) is 0.707. The van der Waals surface area contributed by atoms with Gasteiger partial charge in [0.2, 0.25) is 0 Å². The molecular weight excluding hydrogens is 176 g/mol. The van der Waals surface area contributed by atoms with Crippen molar-refractivity contribution >= 4 is 0 Å². The van der Waals surface area contributed by atoms with Crippen molar-refractivity contribution in [3.05, 3.63) is 0 Å². The first-order chi connectivity index (χ1) is 5.88. The molecule has 92 valence electrons. The van der Waals surface area contributed by atoms with Crippen LogP contribution in [0.2, 0.25) is 0 Å². The Labute approximate surface area is 90.6 Å². The van der Waals surface area contributed by atoms with Crippen molar-refractivity contribution < 1.29 is 5.48 Å². The Balaban J connectivity index is -0.0000000522. The molecule has 0 aliphatic carbocycles. The summed E-state index contributed by atoms with van der Waals surface area (Å²) in [5, 5.41) is 0. The summed E-state index contributed by atoms with van der Waals surface area (Å²) in [6.07, 6.45) is 4.08. The summed E-state index contributed by atoms with van der Waals surface area (Å²) >= 11 is 0. The van der Waals surface area contributed by atoms with E-state index in [4.69, 9.17) is 11.5 Å². The molecule has 3 nitrogen and oxygen atoms in total. The van der Waals surface area contributed by atoms with Crippen molar-refractivity contribution in [1.82, 2.24) is 0 Å². The second-order valence-electron chi connectivity index (χ2n) is 3.84. The number of unbranched alkanes of at least 4 members (excludes halogenated alkanes) is 2. The van der Waals surface area contributed by atoms with Crippen molar-refractivity contribution in [2.75, 3.05) is 0 Å². The Hall–Kier alpha value is -0.120. The van der Waals surface area contributed by atoms with Crippen molar-refractivity contribution in [3.63, 3.8) is 0 Å². The Morgan fingerprint density at radius 3 is 0.929 bits per heavy atom. The fourth-order valence-corrected chi connectivity index (χ4v) is 0.354. The highest BCUT2D eigenvalue weighted by Crippen LogP contribution is 1.88. The third-order valence-electron chi connectivity index (χ3n) is 0.707. The maximum atomic E-state index is 5.11. The number of hydrogen-bond acceptors (Lipinski definition) is 2. The standard InChI is InChI=1S/C5H12.2C3H9N.H2O/c1-3-5-4-2;2*1-3(2)4;/h3-5H2,1-2H3;2*3H,4H2,1-2H3;1H2. The molecule has 0 aromatic rings. The molecule has 0 heterocycles. The van der Waals surface area contributed by atoms with E-state index in [1.165, 1.54) is 19.3 Å². The zero-order chi connectivity index (χ0) is 11.3. The average molecular weight is 208 g/mol. The average Bonchev–Trinajstić information content (AvgIpc) is 1.86. The third kappa shape index (κ3) is 398. The fourth-order valence-electron chi connectivity index (χ4n) is 0.354. The van der Waals surface area contributed by atoms with Gasteiger partial charge in [-0.2, -0.15) is 0 Å². The molecule has 0 radical (unpaired) electrons. The highest BCUT2D eigenvalue weighted by atomic mass is 16.0. The molecule has 0 atom stereocenters. The van der Waals surface area contributed by atoms with Crippen LogP contribution in [0.5, 0.6) is 0 Å². The van der Waals surface area contributed by atoms with Crippen LogP contribution in [0.25, 0.3) is 0 Å². The zero-order valence-corrected chi connectivity index (χ0v) is 10.9. The van der Waals surface area contributed by atoms with E-state index >= 15 is 0 Å². The van der Waals surface area contributed by atoms with Crippen LogP contribution in [0.1, 0.15) is 60.8 Å². The molecule has 0 rings (SSSR count). The molecule has 0 spiro atoms. The van der Waals surface area contributed by atoms with E-state index in [9.17, 15) is 0 Å². The molecule has 0 aromatic heterocycles. The lowest BCUT2D eigenvalue weighted by Crippen LogP contribution is -2.07. The van der Waals surface area contributed by atoms with Crippen LogP contribution in [0.15, 0.2) is 0 Å². The maximum Gasteiger partial charge on any atom is -0.00179 e. The maximum absolute atomic E-state index is 5.11. The van der Waals surface area contributed by atoms with E-state index in [-0.39, 0.29) is 5.48 Å². The molecule has 14 heavy (non-hydrogen) atoms. The van der Waals surface area contributed by atoms with Gasteiger partial charge in [0, 0.05) is 0 Å². The highest BCUT2D eigenvalue weighted by Gasteiger charge is 1.68. The summed E-state index contributed by atoms with van der Waals surface area (Å²) in [5.74, 6) is 0. The van der Waals surface area contributed by atoms with Crippen LogP contribution in [-0.2, 0) is 0 Å². The Morgan fingerprint density at radius 2 is 0.929 bits per heavy atom. The van der Waals surface area contributed by atoms with Gasteiger partial charge in [0.1, 0.15) is 0 Å². The molecule has 6 N–H and O–H groups in total. The Kier molecular flexibility index (Phi) is 38.8. The summed E-state index contributed by atoms with van der Waals surface area (Å²) in [6, 6.07) is 0.667. The van der Waals surface area contributed by atoms with E-state index in [1.54, 1.807) is 0 Å². The molecule has 3 heteroatoms. The fraction of sp³-hybridized carbons (Fsp3) is 1.00. The lowest BCUT2D eigenvalue weighted by Gasteiger charge is -1.81. The van der Waals surface area contributed by atoms with Gasteiger partial charge in [0.25, 0.3) is 0 Å². The second kappa shape index (κ2) is 23.1. The van der Waals surface area contributed by atoms with Crippen LogP contribution >= 0.6 is 0 Å². The smallest absolute Gasteiger partial charge is 0.00179 e. The van der Waals surface area contributed by atoms with Gasteiger partial charge < -0.3 is 16.9 Å². The molecule has 0 saturated heterocycles. The number of nitrogens with two attached hydrogens (primary N) is 2. The van der Waals surface area contributed by atoms with Gasteiger partial charge in [-0.05, 0) is 12.1 Å². The number of hydrogen-bond donors (Lipinski definition) is 2. The SMILES string of the molecule is CC(C)N.CC(C)N.CCCCC.O. The summed E-state index contributed by atoms with van der Waals surface area (Å²) < 4.78 is 0. The lowest BCUT2D eigenvalue weighted by atomic mass is 10.3. The summed E-state index contributed by atoms with van der Waals surface area (Å²) in [4.78, 5) is 0. The van der Waals surface area contributed by atoms with Gasteiger partial charge in [-0.25, -0.2) is 0 Å². The molecule has 0 bridgehead atoms. The minimum Gasteiger partial charge on any atom is -0.412 e. The topological polar surface area (TPSA) is 83.5 Å². The van der Waals surface area contributed by atoms with Gasteiger partial charge in [-0.3, -0.25) is 0 Å². The molecule has 0 fully saturated rings. The van der Waals surface area contributed by atoms with Gasteiger partial charge in [0.15, 0.2) is 0 Å². The zero-order valence-electron chi connectivity index (χ0n) is 10.9. The van der Waals surface area contributed by atoms with Gasteiger partial charge >= 0.3 is 0 Å². The summed E-state index contributed by atoms with van der Waals surface area (Å²) in [6.45, 7) is 12.2. The monoisotopic (exact) mass is 208 g/mol. The second-order valence-corrected chi connectivity index (χ2v) is 3.84. The first-order valence-corrected chi connectivity index (χ1v) is 5.39. The van der Waals surface area contributed by atoms with Crippen LogP contribution in [0, 0.1) is 0 Å². The van der Waals surface area contributed by atoms with Gasteiger partial charge in [-0.15, -0.1) is 0 Å². The first-order valence-electron chi connectivity index (χ1n) is 5.39. The van der Waals surface area contributed by atoms with E-state index in [0.29, 0.717) is 12.1 Å². The van der Waals surface area contributed by atoms with Crippen LogP contribution in [0.3, 0.4) is 0 Å². The highest BCUT2D eigenvalue weighted by molar-refractivity contribution is 4.32. The van der Waals surface area contributed by atoms with Crippen LogP contribution < -0.4 is 11.5 Å². The normalized spacial score (nSPS) is 8.14. The molecule has 0 aliphatic rings. The van der Waals surface area contributed by atoms with Gasteiger partial charge in [0.05, 0.1) is 0 Å². The van der Waals surface area contributed by atoms with Crippen LogP contribution in [0.4, 0.5) is 0 Å². The van der Waals surface area contributed by atoms with Gasteiger partial charge in [-0.1, -0.05) is 60.8 Å². The molecular formula is C11H32N2O. The molecule has 0 unspecified atom stereocenters. The summed E-state index contributed by atoms with van der Waals surface area (Å²) in [5.41, 5.74) is 10.2. The first kappa shape index (κ1) is 23.6. The largest absolute Gasteiger partial charge is 0.412 e. The minimum atomic E-state index is 0. The number of rotatable bonds is 2. The van der Waals surface area contributed by atoms with E-state index in [2.05, 4.69) is 13.8 Å². The molecule has 0 aliphatic heterocycles. The van der Waals surface area contributed by atoms with Crippen molar-refractivity contribution in [3.8, 4) is 0 Å².